The summed E-state index contributed by atoms with van der Waals surface area (Å²) in [5.41, 5.74) is 6.21. The molecule has 1 fully saturated rings. The fourth-order valence-electron chi connectivity index (χ4n) is 3.86. The Kier molecular flexibility index (Phi) is 6.51. The molecule has 168 valence electrons. The van der Waals surface area contributed by atoms with E-state index in [1.54, 1.807) is 31.1 Å². The summed E-state index contributed by atoms with van der Waals surface area (Å²) in [4.78, 5) is 26.0. The molecule has 1 aliphatic rings. The summed E-state index contributed by atoms with van der Waals surface area (Å²) in [6.07, 6.45) is 2.16. The van der Waals surface area contributed by atoms with Gasteiger partial charge in [-0.1, -0.05) is 12.1 Å². The number of amides is 2. The van der Waals surface area contributed by atoms with Crippen LogP contribution in [0.15, 0.2) is 41.4 Å². The van der Waals surface area contributed by atoms with Gasteiger partial charge in [-0.25, -0.2) is 12.8 Å². The molecule has 10 heteroatoms. The van der Waals surface area contributed by atoms with Crippen molar-refractivity contribution in [2.24, 2.45) is 18.7 Å². The van der Waals surface area contributed by atoms with Gasteiger partial charge in [-0.15, -0.1) is 0 Å². The number of nitrogens with zero attached hydrogens (tertiary/aromatic N) is 3. The first-order valence-corrected chi connectivity index (χ1v) is 11.4. The Morgan fingerprint density at radius 3 is 2.29 bits per heavy atom. The average Bonchev–Trinajstić information content (AvgIpc) is 3.15. The second kappa shape index (κ2) is 8.80. The number of primary amides is 1. The molecule has 0 radical (unpaired) electrons. The lowest BCUT2D eigenvalue weighted by atomic mass is 9.95. The van der Waals surface area contributed by atoms with E-state index in [-0.39, 0.29) is 47.4 Å². The van der Waals surface area contributed by atoms with Crippen LogP contribution in [0.3, 0.4) is 0 Å². The molecule has 31 heavy (non-hydrogen) atoms. The fraction of sp³-hybridized carbons (Fsp3) is 0.429. The Bertz CT molecular complexity index is 1070. The van der Waals surface area contributed by atoms with Crippen molar-refractivity contribution < 1.29 is 22.4 Å². The van der Waals surface area contributed by atoms with Gasteiger partial charge in [0, 0.05) is 39.3 Å². The monoisotopic (exact) mass is 450 g/mol. The van der Waals surface area contributed by atoms with Crippen LogP contribution in [0.4, 0.5) is 4.39 Å². The molecule has 1 aromatic heterocycles. The van der Waals surface area contributed by atoms with E-state index in [1.165, 1.54) is 33.3 Å². The summed E-state index contributed by atoms with van der Waals surface area (Å²) in [7, 11) is -0.525. The number of sulfonamides is 1. The van der Waals surface area contributed by atoms with E-state index in [0.717, 1.165) is 5.56 Å². The molecule has 1 atom stereocenters. The first-order valence-electron chi connectivity index (χ1n) is 10.0. The lowest BCUT2D eigenvalue weighted by Crippen LogP contribution is -2.43. The van der Waals surface area contributed by atoms with Crippen LogP contribution in [-0.2, 0) is 21.9 Å². The molecule has 0 unspecified atom stereocenters. The number of hydrogen-bond donors (Lipinski definition) is 1. The molecular weight excluding hydrogens is 423 g/mol. The van der Waals surface area contributed by atoms with E-state index >= 15 is 0 Å². The van der Waals surface area contributed by atoms with Crippen LogP contribution in [0, 0.1) is 11.7 Å². The van der Waals surface area contributed by atoms with Crippen LogP contribution in [0.2, 0.25) is 0 Å². The molecule has 0 bridgehead atoms. The van der Waals surface area contributed by atoms with Crippen LogP contribution >= 0.6 is 0 Å². The number of benzene rings is 1. The van der Waals surface area contributed by atoms with Crippen molar-refractivity contribution in [1.82, 2.24) is 13.8 Å². The Morgan fingerprint density at radius 2 is 1.77 bits per heavy atom. The molecule has 0 aliphatic carbocycles. The standard InChI is InChI=1S/C21H27FN4O4S/c1-14(15-4-6-17(22)7-5-15)25(3)21(28)16-8-10-26(11-9-16)31(29,30)18-12-19(20(23)27)24(2)13-18/h4-7,12-14,16H,8-11H2,1-3H3,(H2,23,27)/t14-/m1/s1. The van der Waals surface area contributed by atoms with E-state index < -0.39 is 15.9 Å². The number of piperidine rings is 1. The highest BCUT2D eigenvalue weighted by Gasteiger charge is 2.35. The van der Waals surface area contributed by atoms with Crippen LogP contribution in [0.1, 0.15) is 41.9 Å². The van der Waals surface area contributed by atoms with E-state index in [4.69, 9.17) is 5.73 Å². The van der Waals surface area contributed by atoms with Gasteiger partial charge < -0.3 is 15.2 Å². The Labute approximate surface area is 181 Å². The summed E-state index contributed by atoms with van der Waals surface area (Å²) >= 11 is 0. The highest BCUT2D eigenvalue weighted by atomic mass is 32.2. The molecule has 3 rings (SSSR count). The fourth-order valence-corrected chi connectivity index (χ4v) is 5.40. The van der Waals surface area contributed by atoms with Gasteiger partial charge >= 0.3 is 0 Å². The largest absolute Gasteiger partial charge is 0.364 e. The third-order valence-electron chi connectivity index (χ3n) is 5.95. The molecule has 0 spiro atoms. The van der Waals surface area contributed by atoms with Gasteiger partial charge in [0.05, 0.1) is 6.04 Å². The van der Waals surface area contributed by atoms with Crippen molar-refractivity contribution in [1.29, 1.82) is 0 Å². The maximum atomic E-state index is 13.2. The highest BCUT2D eigenvalue weighted by Crippen LogP contribution is 2.28. The first kappa shape index (κ1) is 23.0. The molecule has 2 heterocycles. The lowest BCUT2D eigenvalue weighted by molar-refractivity contribution is -0.137. The predicted molar refractivity (Wildman–Crippen MR) is 113 cm³/mol. The van der Waals surface area contributed by atoms with Gasteiger partial charge in [0.25, 0.3) is 5.91 Å². The van der Waals surface area contributed by atoms with Crippen LogP contribution < -0.4 is 5.73 Å². The number of halogens is 1. The van der Waals surface area contributed by atoms with Crippen molar-refractivity contribution in [2.45, 2.75) is 30.7 Å². The number of rotatable bonds is 6. The Morgan fingerprint density at radius 1 is 1.19 bits per heavy atom. The maximum absolute atomic E-state index is 13.2. The molecule has 2 aromatic rings. The third kappa shape index (κ3) is 4.64. The molecule has 2 amide bonds. The van der Waals surface area contributed by atoms with Crippen LogP contribution in [0.5, 0.6) is 0 Å². The van der Waals surface area contributed by atoms with Crippen LogP contribution in [-0.4, -0.2) is 54.1 Å². The maximum Gasteiger partial charge on any atom is 0.265 e. The highest BCUT2D eigenvalue weighted by molar-refractivity contribution is 7.89. The van der Waals surface area contributed by atoms with Gasteiger partial charge in [-0.05, 0) is 43.5 Å². The SMILES string of the molecule is C[C@H](c1ccc(F)cc1)N(C)C(=O)C1CCN(S(=O)(=O)c2cc(C(N)=O)n(C)c2)CC1. The summed E-state index contributed by atoms with van der Waals surface area (Å²) in [6.45, 7) is 2.28. The number of nitrogens with two attached hydrogens (primary N) is 1. The number of aryl methyl sites for hydroxylation is 1. The zero-order chi connectivity index (χ0) is 22.9. The summed E-state index contributed by atoms with van der Waals surface area (Å²) in [5, 5.41) is 0. The second-order valence-corrected chi connectivity index (χ2v) is 9.83. The summed E-state index contributed by atoms with van der Waals surface area (Å²) < 4.78 is 41.8. The third-order valence-corrected chi connectivity index (χ3v) is 7.82. The van der Waals surface area contributed by atoms with Crippen molar-refractivity contribution in [2.75, 3.05) is 20.1 Å². The van der Waals surface area contributed by atoms with Gasteiger partial charge in [0.1, 0.15) is 16.4 Å². The van der Waals surface area contributed by atoms with E-state index in [9.17, 15) is 22.4 Å². The molecule has 2 N–H and O–H groups in total. The minimum absolute atomic E-state index is 0.00984. The zero-order valence-electron chi connectivity index (χ0n) is 17.8. The topological polar surface area (TPSA) is 106 Å². The quantitative estimate of drug-likeness (QED) is 0.725. The Balaban J connectivity index is 1.65. The minimum Gasteiger partial charge on any atom is -0.364 e. The number of hydrogen-bond acceptors (Lipinski definition) is 4. The normalized spacial score (nSPS) is 16.8. The molecule has 1 aliphatic heterocycles. The van der Waals surface area contributed by atoms with Crippen molar-refractivity contribution in [3.8, 4) is 0 Å². The van der Waals surface area contributed by atoms with Gasteiger partial charge in [0.2, 0.25) is 15.9 Å². The number of carbonyl (C=O) groups is 2. The van der Waals surface area contributed by atoms with Gasteiger partial charge in [-0.2, -0.15) is 4.31 Å². The second-order valence-electron chi connectivity index (χ2n) is 7.89. The van der Waals surface area contributed by atoms with Crippen molar-refractivity contribution in [3.05, 3.63) is 53.6 Å². The van der Waals surface area contributed by atoms with E-state index in [0.29, 0.717) is 12.8 Å². The summed E-state index contributed by atoms with van der Waals surface area (Å²) in [5.74, 6) is -1.40. The van der Waals surface area contributed by atoms with Crippen molar-refractivity contribution in [3.63, 3.8) is 0 Å². The van der Waals surface area contributed by atoms with E-state index in [1.807, 2.05) is 6.92 Å². The molecule has 1 saturated heterocycles. The first-order chi connectivity index (χ1) is 14.5. The molecular formula is C21H27FN4O4S. The molecule has 8 nitrogen and oxygen atoms in total. The average molecular weight is 451 g/mol. The zero-order valence-corrected chi connectivity index (χ0v) is 18.6. The van der Waals surface area contributed by atoms with Gasteiger partial charge in [0.15, 0.2) is 0 Å². The smallest absolute Gasteiger partial charge is 0.265 e. The number of aromatic nitrogens is 1. The Hall–Kier alpha value is -2.72. The van der Waals surface area contributed by atoms with Crippen molar-refractivity contribution >= 4 is 21.8 Å². The minimum atomic E-state index is -3.79. The lowest BCUT2D eigenvalue weighted by Gasteiger charge is -2.34. The van der Waals surface area contributed by atoms with E-state index in [2.05, 4.69) is 0 Å². The number of carbonyl (C=O) groups excluding carboxylic acids is 2. The molecule has 0 saturated carbocycles. The summed E-state index contributed by atoms with van der Waals surface area (Å²) in [6, 6.07) is 7.07. The van der Waals surface area contributed by atoms with Gasteiger partial charge in [-0.3, -0.25) is 9.59 Å². The molecule has 1 aromatic carbocycles. The van der Waals surface area contributed by atoms with Crippen LogP contribution in [0.25, 0.3) is 0 Å². The predicted octanol–water partition coefficient (Wildman–Crippen LogP) is 1.88.